The number of nitrogen functional groups attached to an aromatic ring is 2. The third-order valence-electron chi connectivity index (χ3n) is 5.41. The number of nitrogens with two attached hydrogens (primary N) is 2. The fourth-order valence-corrected chi connectivity index (χ4v) is 4.02. The van der Waals surface area contributed by atoms with Crippen molar-refractivity contribution in [3.8, 4) is 11.3 Å². The highest BCUT2D eigenvalue weighted by atomic mass is 15.2. The van der Waals surface area contributed by atoms with Gasteiger partial charge in [-0.1, -0.05) is 33.8 Å². The van der Waals surface area contributed by atoms with Crippen molar-refractivity contribution in [1.29, 1.82) is 0 Å². The van der Waals surface area contributed by atoms with E-state index in [2.05, 4.69) is 59.2 Å². The van der Waals surface area contributed by atoms with Gasteiger partial charge in [-0.05, 0) is 36.3 Å². The molecule has 4 rings (SSSR count). The highest BCUT2D eigenvalue weighted by Crippen LogP contribution is 2.37. The molecule has 3 heterocycles. The summed E-state index contributed by atoms with van der Waals surface area (Å²) >= 11 is 0. The van der Waals surface area contributed by atoms with Crippen molar-refractivity contribution < 1.29 is 0 Å². The third kappa shape index (κ3) is 3.37. The smallest absolute Gasteiger partial charge is 0.222 e. The highest BCUT2D eigenvalue weighted by molar-refractivity contribution is 5.91. The van der Waals surface area contributed by atoms with Crippen LogP contribution in [0.1, 0.15) is 34.1 Å². The van der Waals surface area contributed by atoms with Crippen molar-refractivity contribution in [2.24, 2.45) is 11.3 Å². The van der Waals surface area contributed by atoms with Crippen molar-refractivity contribution in [1.82, 2.24) is 20.2 Å². The Labute approximate surface area is 165 Å². The van der Waals surface area contributed by atoms with Gasteiger partial charge in [0.05, 0.1) is 11.2 Å². The van der Waals surface area contributed by atoms with Gasteiger partial charge < -0.3 is 16.4 Å². The van der Waals surface area contributed by atoms with Crippen LogP contribution >= 0.6 is 0 Å². The van der Waals surface area contributed by atoms with Crippen LogP contribution in [0.15, 0.2) is 24.3 Å². The molecule has 1 aliphatic heterocycles. The van der Waals surface area contributed by atoms with Gasteiger partial charge in [0.2, 0.25) is 5.95 Å². The van der Waals surface area contributed by atoms with Crippen LogP contribution in [0, 0.1) is 17.8 Å². The number of hydrogen-bond acceptors (Lipinski definition) is 6. The molecule has 0 spiro atoms. The van der Waals surface area contributed by atoms with Crippen LogP contribution < -0.4 is 16.4 Å². The molecule has 1 aliphatic rings. The van der Waals surface area contributed by atoms with E-state index in [9.17, 15) is 0 Å². The second-order valence-corrected chi connectivity index (χ2v) is 8.88. The lowest BCUT2D eigenvalue weighted by Gasteiger charge is -2.46. The topological polar surface area (TPSA) is 110 Å². The van der Waals surface area contributed by atoms with E-state index in [4.69, 9.17) is 11.5 Å². The number of anilines is 3. The lowest BCUT2D eigenvalue weighted by molar-refractivity contribution is 0.285. The van der Waals surface area contributed by atoms with Gasteiger partial charge in [0.15, 0.2) is 5.82 Å². The van der Waals surface area contributed by atoms with E-state index in [-0.39, 0.29) is 11.4 Å². The number of hydrogen-bond donors (Lipinski definition) is 3. The summed E-state index contributed by atoms with van der Waals surface area (Å²) in [6.07, 6.45) is 3.52. The SMILES string of the molecule is C[C@@H]1C[CH]C(C(C)(C)C)N(c2cc(-c3ccc4c(N)n[nH]c4c3)nc(N)n2)C1. The van der Waals surface area contributed by atoms with Crippen LogP contribution in [0.3, 0.4) is 0 Å². The maximum Gasteiger partial charge on any atom is 0.222 e. The number of nitrogens with one attached hydrogen (secondary N) is 1. The summed E-state index contributed by atoms with van der Waals surface area (Å²) in [5.41, 5.74) is 14.7. The van der Waals surface area contributed by atoms with E-state index in [1.807, 2.05) is 24.3 Å². The Bertz CT molecular complexity index is 1000. The molecular weight excluding hydrogens is 350 g/mol. The number of H-pyrrole nitrogens is 1. The summed E-state index contributed by atoms with van der Waals surface area (Å²) in [6.45, 7) is 10.0. The monoisotopic (exact) mass is 378 g/mol. The van der Waals surface area contributed by atoms with Gasteiger partial charge in [-0.2, -0.15) is 10.1 Å². The Morgan fingerprint density at radius 2 is 1.93 bits per heavy atom. The van der Waals surface area contributed by atoms with Gasteiger partial charge in [-0.15, -0.1) is 0 Å². The van der Waals surface area contributed by atoms with Gasteiger partial charge in [0, 0.05) is 29.6 Å². The zero-order chi connectivity index (χ0) is 20.1. The van der Waals surface area contributed by atoms with Gasteiger partial charge in [-0.3, -0.25) is 5.10 Å². The summed E-state index contributed by atoms with van der Waals surface area (Å²) < 4.78 is 0. The summed E-state index contributed by atoms with van der Waals surface area (Å²) in [4.78, 5) is 11.4. The van der Waals surface area contributed by atoms with E-state index in [0.29, 0.717) is 17.8 Å². The Morgan fingerprint density at radius 3 is 2.68 bits per heavy atom. The molecule has 1 aromatic carbocycles. The zero-order valence-electron chi connectivity index (χ0n) is 16.9. The molecule has 28 heavy (non-hydrogen) atoms. The first-order valence-electron chi connectivity index (χ1n) is 9.71. The summed E-state index contributed by atoms with van der Waals surface area (Å²) in [6, 6.07) is 8.27. The van der Waals surface area contributed by atoms with E-state index in [1.54, 1.807) is 0 Å². The Hall–Kier alpha value is -2.83. The minimum atomic E-state index is 0.104. The molecule has 1 fully saturated rings. The third-order valence-corrected chi connectivity index (χ3v) is 5.41. The Balaban J connectivity index is 1.77. The first-order valence-corrected chi connectivity index (χ1v) is 9.71. The molecular formula is C21H28N7. The van der Waals surface area contributed by atoms with Gasteiger partial charge in [0.25, 0.3) is 0 Å². The van der Waals surface area contributed by atoms with Crippen molar-refractivity contribution in [3.63, 3.8) is 0 Å². The molecule has 0 saturated carbocycles. The predicted octanol–water partition coefficient (Wildman–Crippen LogP) is 3.65. The van der Waals surface area contributed by atoms with Crippen molar-refractivity contribution in [2.75, 3.05) is 22.9 Å². The number of aromatic amines is 1. The normalized spacial score (nSPS) is 20.6. The number of aromatic nitrogens is 4. The molecule has 7 nitrogen and oxygen atoms in total. The first kappa shape index (κ1) is 18.5. The van der Waals surface area contributed by atoms with Crippen LogP contribution in [0.2, 0.25) is 0 Å². The predicted molar refractivity (Wildman–Crippen MR) is 115 cm³/mol. The van der Waals surface area contributed by atoms with Crippen molar-refractivity contribution in [2.45, 2.75) is 40.2 Å². The number of rotatable bonds is 2. The second-order valence-electron chi connectivity index (χ2n) is 8.88. The molecule has 1 saturated heterocycles. The number of fused-ring (bicyclic) bond motifs is 1. The summed E-state index contributed by atoms with van der Waals surface area (Å²) in [5.74, 6) is 2.22. The molecule has 3 aromatic rings. The first-order chi connectivity index (χ1) is 13.2. The van der Waals surface area contributed by atoms with Crippen LogP contribution in [-0.4, -0.2) is 32.8 Å². The number of nitrogens with zero attached hydrogens (tertiary/aromatic N) is 4. The molecule has 5 N–H and O–H groups in total. The van der Waals surface area contributed by atoms with Crippen LogP contribution in [0.25, 0.3) is 22.2 Å². The van der Waals surface area contributed by atoms with Crippen molar-refractivity contribution in [3.05, 3.63) is 30.7 Å². The zero-order valence-corrected chi connectivity index (χ0v) is 16.9. The van der Waals surface area contributed by atoms with Crippen LogP contribution in [0.4, 0.5) is 17.6 Å². The van der Waals surface area contributed by atoms with Gasteiger partial charge in [-0.25, -0.2) is 4.98 Å². The molecule has 0 amide bonds. The van der Waals surface area contributed by atoms with E-state index in [1.165, 1.54) is 0 Å². The lowest BCUT2D eigenvalue weighted by atomic mass is 9.78. The highest BCUT2D eigenvalue weighted by Gasteiger charge is 2.35. The largest absolute Gasteiger partial charge is 0.382 e. The second kappa shape index (κ2) is 6.65. The molecule has 0 aliphatic carbocycles. The van der Waals surface area contributed by atoms with E-state index in [0.717, 1.165) is 40.9 Å². The van der Waals surface area contributed by atoms with Crippen LogP contribution in [-0.2, 0) is 0 Å². The molecule has 147 valence electrons. The van der Waals surface area contributed by atoms with Gasteiger partial charge in [0.1, 0.15) is 5.82 Å². The minimum Gasteiger partial charge on any atom is -0.382 e. The average Bonchev–Trinajstić information content (AvgIpc) is 3.00. The average molecular weight is 379 g/mol. The van der Waals surface area contributed by atoms with Gasteiger partial charge >= 0.3 is 0 Å². The molecule has 2 aromatic heterocycles. The van der Waals surface area contributed by atoms with E-state index >= 15 is 0 Å². The van der Waals surface area contributed by atoms with Crippen LogP contribution in [0.5, 0.6) is 0 Å². The summed E-state index contributed by atoms with van der Waals surface area (Å²) in [7, 11) is 0. The minimum absolute atomic E-state index is 0.104. The molecule has 0 bridgehead atoms. The molecule has 2 atom stereocenters. The Kier molecular flexibility index (Phi) is 4.40. The number of piperidine rings is 1. The quantitative estimate of drug-likeness (QED) is 0.628. The Morgan fingerprint density at radius 1 is 1.14 bits per heavy atom. The standard InChI is InChI=1S/C21H28N7/c1-12-5-8-17(21(2,3)4)28(11-12)18-10-15(24-20(23)25-18)13-6-7-14-16(9-13)26-27-19(14)22/h6-10,12,17H,5,11H2,1-4H3,(H3,22,26,27)(H2,23,24,25)/t12-,17?/m1/s1. The maximum absolute atomic E-state index is 6.11. The van der Waals surface area contributed by atoms with Crippen molar-refractivity contribution >= 4 is 28.5 Å². The lowest BCUT2D eigenvalue weighted by Crippen LogP contribution is -2.50. The molecule has 7 heteroatoms. The fourth-order valence-electron chi connectivity index (χ4n) is 4.02. The molecule has 1 unspecified atom stereocenters. The number of benzene rings is 1. The fraction of sp³-hybridized carbons (Fsp3) is 0.429. The summed E-state index contributed by atoms with van der Waals surface area (Å²) in [5, 5.41) is 7.93. The molecule has 1 radical (unpaired) electrons. The van der Waals surface area contributed by atoms with E-state index < -0.39 is 0 Å². The maximum atomic E-state index is 6.11.